The smallest absolute Gasteiger partial charge is 0.0622 e. The summed E-state index contributed by atoms with van der Waals surface area (Å²) in [5.41, 5.74) is 6.15. The van der Waals surface area contributed by atoms with E-state index in [1.165, 1.54) is 0 Å². The summed E-state index contributed by atoms with van der Waals surface area (Å²) < 4.78 is 11.1. The second kappa shape index (κ2) is 5.00. The zero-order valence-corrected chi connectivity index (χ0v) is 10.4. The first kappa shape index (κ1) is 12.3. The number of hydrogen-bond donors (Lipinski definition) is 1. The molecule has 0 aromatic heterocycles. The number of hydrogen-bond acceptors (Lipinski definition) is 4. The van der Waals surface area contributed by atoms with E-state index in [0.717, 1.165) is 39.1 Å². The third-order valence-electron chi connectivity index (χ3n) is 4.22. The average molecular weight is 228 g/mol. The van der Waals surface area contributed by atoms with Crippen molar-refractivity contribution in [3.8, 4) is 0 Å². The summed E-state index contributed by atoms with van der Waals surface area (Å²) in [6.45, 7) is 5.43. The maximum Gasteiger partial charge on any atom is 0.0622 e. The molecule has 3 unspecified atom stereocenters. The second-order valence-electron chi connectivity index (χ2n) is 5.19. The highest BCUT2D eigenvalue weighted by atomic mass is 16.5. The first-order valence-electron chi connectivity index (χ1n) is 6.30. The SMILES string of the molecule is CC1CC(CN)(N(C)C2CCOC2)CCO1. The van der Waals surface area contributed by atoms with Gasteiger partial charge in [0, 0.05) is 31.3 Å². The highest BCUT2D eigenvalue weighted by Crippen LogP contribution is 2.32. The molecule has 0 bridgehead atoms. The van der Waals surface area contributed by atoms with Crippen molar-refractivity contribution in [3.05, 3.63) is 0 Å². The van der Waals surface area contributed by atoms with Gasteiger partial charge in [-0.3, -0.25) is 4.90 Å². The number of likely N-dealkylation sites (N-methyl/N-ethyl adjacent to an activating group) is 1. The Hall–Kier alpha value is -0.160. The highest BCUT2D eigenvalue weighted by molar-refractivity contribution is 4.97. The summed E-state index contributed by atoms with van der Waals surface area (Å²) in [7, 11) is 2.20. The number of nitrogens with zero attached hydrogens (tertiary/aromatic N) is 1. The molecule has 4 heteroatoms. The normalized spacial score (nSPS) is 40.5. The van der Waals surface area contributed by atoms with Crippen molar-refractivity contribution in [1.82, 2.24) is 4.90 Å². The van der Waals surface area contributed by atoms with E-state index in [9.17, 15) is 0 Å². The Morgan fingerprint density at radius 3 is 2.81 bits per heavy atom. The van der Waals surface area contributed by atoms with Crippen LogP contribution in [0.2, 0.25) is 0 Å². The molecule has 2 aliphatic heterocycles. The van der Waals surface area contributed by atoms with Crippen LogP contribution in [0, 0.1) is 0 Å². The van der Waals surface area contributed by atoms with Crippen LogP contribution in [0.15, 0.2) is 0 Å². The van der Waals surface area contributed by atoms with Gasteiger partial charge in [0.25, 0.3) is 0 Å². The molecule has 0 radical (unpaired) electrons. The van der Waals surface area contributed by atoms with Gasteiger partial charge in [0.15, 0.2) is 0 Å². The van der Waals surface area contributed by atoms with Gasteiger partial charge in [0.05, 0.1) is 12.7 Å². The lowest BCUT2D eigenvalue weighted by atomic mass is 9.84. The van der Waals surface area contributed by atoms with Gasteiger partial charge in [0.2, 0.25) is 0 Å². The minimum Gasteiger partial charge on any atom is -0.380 e. The Labute approximate surface area is 98.1 Å². The predicted octanol–water partition coefficient (Wildman–Crippen LogP) is 0.603. The molecule has 0 amide bonds. The Morgan fingerprint density at radius 2 is 2.25 bits per heavy atom. The molecule has 2 aliphatic rings. The number of nitrogens with two attached hydrogens (primary N) is 1. The van der Waals surface area contributed by atoms with Crippen LogP contribution >= 0.6 is 0 Å². The molecule has 2 N–H and O–H groups in total. The first-order chi connectivity index (χ1) is 7.68. The maximum atomic E-state index is 6.03. The fourth-order valence-electron chi connectivity index (χ4n) is 3.01. The van der Waals surface area contributed by atoms with Crippen LogP contribution in [0.5, 0.6) is 0 Å². The molecule has 2 fully saturated rings. The topological polar surface area (TPSA) is 47.7 Å². The van der Waals surface area contributed by atoms with Gasteiger partial charge in [-0.2, -0.15) is 0 Å². The van der Waals surface area contributed by atoms with E-state index in [-0.39, 0.29) is 5.54 Å². The average Bonchev–Trinajstić information content (AvgIpc) is 2.81. The molecule has 0 saturated carbocycles. The van der Waals surface area contributed by atoms with Crippen LogP contribution in [0.4, 0.5) is 0 Å². The maximum absolute atomic E-state index is 6.03. The summed E-state index contributed by atoms with van der Waals surface area (Å²) in [6, 6.07) is 0.536. The summed E-state index contributed by atoms with van der Waals surface area (Å²) >= 11 is 0. The van der Waals surface area contributed by atoms with Gasteiger partial charge in [-0.25, -0.2) is 0 Å². The van der Waals surface area contributed by atoms with Crippen molar-refractivity contribution in [2.75, 3.05) is 33.4 Å². The fraction of sp³-hybridized carbons (Fsp3) is 1.00. The Morgan fingerprint density at radius 1 is 1.44 bits per heavy atom. The monoisotopic (exact) mass is 228 g/mol. The van der Waals surface area contributed by atoms with Gasteiger partial charge < -0.3 is 15.2 Å². The quantitative estimate of drug-likeness (QED) is 0.768. The molecule has 0 aromatic rings. The zero-order chi connectivity index (χ0) is 11.6. The van der Waals surface area contributed by atoms with Crippen LogP contribution < -0.4 is 5.73 Å². The summed E-state index contributed by atoms with van der Waals surface area (Å²) in [5, 5.41) is 0. The molecule has 0 aliphatic carbocycles. The molecular formula is C12H24N2O2. The largest absolute Gasteiger partial charge is 0.380 e. The fourth-order valence-corrected chi connectivity index (χ4v) is 3.01. The second-order valence-corrected chi connectivity index (χ2v) is 5.19. The molecule has 3 atom stereocenters. The lowest BCUT2D eigenvalue weighted by Gasteiger charge is -2.48. The Kier molecular flexibility index (Phi) is 3.85. The van der Waals surface area contributed by atoms with Gasteiger partial charge in [0.1, 0.15) is 0 Å². The Bertz CT molecular complexity index is 231. The van der Waals surface area contributed by atoms with Crippen molar-refractivity contribution >= 4 is 0 Å². The molecule has 2 rings (SSSR count). The summed E-state index contributed by atoms with van der Waals surface area (Å²) in [4.78, 5) is 2.46. The van der Waals surface area contributed by atoms with Crippen LogP contribution in [-0.2, 0) is 9.47 Å². The summed E-state index contributed by atoms with van der Waals surface area (Å²) in [5.74, 6) is 0. The van der Waals surface area contributed by atoms with Crippen molar-refractivity contribution in [3.63, 3.8) is 0 Å². The number of rotatable bonds is 3. The lowest BCUT2D eigenvalue weighted by Crippen LogP contribution is -2.59. The van der Waals surface area contributed by atoms with Gasteiger partial charge in [-0.1, -0.05) is 0 Å². The molecule has 16 heavy (non-hydrogen) atoms. The molecule has 0 spiro atoms. The standard InChI is InChI=1S/C12H24N2O2/c1-10-7-12(9-13,4-6-16-10)14(2)11-3-5-15-8-11/h10-11H,3-9,13H2,1-2H3. The highest BCUT2D eigenvalue weighted by Gasteiger charge is 2.41. The van der Waals surface area contributed by atoms with Crippen LogP contribution in [0.3, 0.4) is 0 Å². The van der Waals surface area contributed by atoms with Gasteiger partial charge in [-0.05, 0) is 33.2 Å². The van der Waals surface area contributed by atoms with E-state index in [2.05, 4.69) is 18.9 Å². The minimum absolute atomic E-state index is 0.121. The van der Waals surface area contributed by atoms with Crippen molar-refractivity contribution in [2.24, 2.45) is 5.73 Å². The minimum atomic E-state index is 0.121. The molecule has 4 nitrogen and oxygen atoms in total. The molecule has 0 aromatic carbocycles. The zero-order valence-electron chi connectivity index (χ0n) is 10.4. The lowest BCUT2D eigenvalue weighted by molar-refractivity contribution is -0.0684. The molecule has 2 saturated heterocycles. The molecule has 94 valence electrons. The van der Waals surface area contributed by atoms with Crippen molar-refractivity contribution in [1.29, 1.82) is 0 Å². The third-order valence-corrected chi connectivity index (χ3v) is 4.22. The van der Waals surface area contributed by atoms with Crippen molar-refractivity contribution < 1.29 is 9.47 Å². The predicted molar refractivity (Wildman–Crippen MR) is 63.4 cm³/mol. The van der Waals surface area contributed by atoms with E-state index >= 15 is 0 Å². The summed E-state index contributed by atoms with van der Waals surface area (Å²) in [6.07, 6.45) is 3.53. The van der Waals surface area contributed by atoms with Gasteiger partial charge in [-0.15, -0.1) is 0 Å². The van der Waals surface area contributed by atoms with Crippen LogP contribution in [-0.4, -0.2) is 56.0 Å². The van der Waals surface area contributed by atoms with Crippen LogP contribution in [0.1, 0.15) is 26.2 Å². The first-order valence-corrected chi connectivity index (χ1v) is 6.30. The number of ether oxygens (including phenoxy) is 2. The molecule has 2 heterocycles. The van der Waals surface area contributed by atoms with Crippen LogP contribution in [0.25, 0.3) is 0 Å². The Balaban J connectivity index is 2.06. The van der Waals surface area contributed by atoms with E-state index in [1.807, 2.05) is 0 Å². The van der Waals surface area contributed by atoms with E-state index in [4.69, 9.17) is 15.2 Å². The molecular weight excluding hydrogens is 204 g/mol. The van der Waals surface area contributed by atoms with Gasteiger partial charge >= 0.3 is 0 Å². The third kappa shape index (κ3) is 2.25. The van der Waals surface area contributed by atoms with Crippen molar-refractivity contribution in [2.45, 2.75) is 43.9 Å². The van der Waals surface area contributed by atoms with E-state index < -0.39 is 0 Å². The van der Waals surface area contributed by atoms with E-state index in [0.29, 0.717) is 18.7 Å². The van der Waals surface area contributed by atoms with E-state index in [1.54, 1.807) is 0 Å².